The van der Waals surface area contributed by atoms with Crippen molar-refractivity contribution in [1.29, 1.82) is 0 Å². The van der Waals surface area contributed by atoms with Crippen molar-refractivity contribution >= 4 is 15.7 Å². The van der Waals surface area contributed by atoms with Crippen molar-refractivity contribution in [2.24, 2.45) is 0 Å². The summed E-state index contributed by atoms with van der Waals surface area (Å²) >= 11 is 0. The molecule has 2 aromatic rings. The largest absolute Gasteiger partial charge is 0.361 e. The standard InChI is InChI=1S/C14H19N3O3S/c1-3-15-9-12-6-4-5-7-14(12)17-21(18,19)10-13-8-11(2)20-16-13/h4-8,15,17H,3,9-10H2,1-2H3. The molecule has 0 fully saturated rings. The molecule has 0 spiro atoms. The number of aryl methyl sites for hydroxylation is 1. The van der Waals surface area contributed by atoms with Crippen molar-refractivity contribution < 1.29 is 12.9 Å². The predicted molar refractivity (Wildman–Crippen MR) is 81.3 cm³/mol. The van der Waals surface area contributed by atoms with Crippen molar-refractivity contribution in [3.05, 3.63) is 47.3 Å². The van der Waals surface area contributed by atoms with Gasteiger partial charge >= 0.3 is 0 Å². The van der Waals surface area contributed by atoms with Crippen LogP contribution in [0.5, 0.6) is 0 Å². The third-order valence-electron chi connectivity index (χ3n) is 2.86. The average molecular weight is 309 g/mol. The molecule has 7 heteroatoms. The van der Waals surface area contributed by atoms with Gasteiger partial charge in [-0.05, 0) is 25.1 Å². The fourth-order valence-electron chi connectivity index (χ4n) is 1.92. The number of rotatable bonds is 7. The second-order valence-electron chi connectivity index (χ2n) is 4.73. The van der Waals surface area contributed by atoms with Crippen molar-refractivity contribution in [3.63, 3.8) is 0 Å². The molecule has 0 saturated carbocycles. The average Bonchev–Trinajstić information content (AvgIpc) is 2.82. The van der Waals surface area contributed by atoms with Gasteiger partial charge in [-0.25, -0.2) is 8.42 Å². The van der Waals surface area contributed by atoms with Crippen LogP contribution in [0.15, 0.2) is 34.9 Å². The third kappa shape index (κ3) is 4.57. The Kier molecular flexibility index (Phi) is 4.98. The molecule has 0 aliphatic carbocycles. The molecule has 0 aliphatic rings. The van der Waals surface area contributed by atoms with Crippen LogP contribution in [0, 0.1) is 6.92 Å². The lowest BCUT2D eigenvalue weighted by Gasteiger charge is -2.12. The summed E-state index contributed by atoms with van der Waals surface area (Å²) in [5.74, 6) is 0.382. The van der Waals surface area contributed by atoms with E-state index in [-0.39, 0.29) is 5.75 Å². The van der Waals surface area contributed by atoms with Gasteiger partial charge in [0.2, 0.25) is 10.0 Å². The molecule has 1 aromatic heterocycles. The molecule has 0 radical (unpaired) electrons. The van der Waals surface area contributed by atoms with Gasteiger partial charge < -0.3 is 9.84 Å². The minimum absolute atomic E-state index is 0.208. The Hall–Kier alpha value is -1.86. The van der Waals surface area contributed by atoms with Gasteiger partial charge in [0.1, 0.15) is 17.2 Å². The zero-order chi connectivity index (χ0) is 15.3. The number of hydrogen-bond acceptors (Lipinski definition) is 5. The van der Waals surface area contributed by atoms with Crippen LogP contribution in [0.3, 0.4) is 0 Å². The first-order valence-electron chi connectivity index (χ1n) is 6.71. The monoisotopic (exact) mass is 309 g/mol. The van der Waals surface area contributed by atoms with E-state index in [1.807, 2.05) is 19.1 Å². The normalized spacial score (nSPS) is 11.5. The molecule has 0 atom stereocenters. The van der Waals surface area contributed by atoms with E-state index in [9.17, 15) is 8.42 Å². The number of sulfonamides is 1. The van der Waals surface area contributed by atoms with Crippen LogP contribution in [-0.4, -0.2) is 20.1 Å². The number of nitrogens with zero attached hydrogens (tertiary/aromatic N) is 1. The van der Waals surface area contributed by atoms with Crippen LogP contribution in [0.2, 0.25) is 0 Å². The summed E-state index contributed by atoms with van der Waals surface area (Å²) in [5.41, 5.74) is 1.88. The highest BCUT2D eigenvalue weighted by molar-refractivity contribution is 7.91. The number of hydrogen-bond donors (Lipinski definition) is 2. The Morgan fingerprint density at radius 2 is 2.05 bits per heavy atom. The quantitative estimate of drug-likeness (QED) is 0.817. The van der Waals surface area contributed by atoms with Gasteiger partial charge in [-0.2, -0.15) is 0 Å². The van der Waals surface area contributed by atoms with E-state index in [0.29, 0.717) is 23.7 Å². The highest BCUT2D eigenvalue weighted by Crippen LogP contribution is 2.18. The van der Waals surface area contributed by atoms with Gasteiger partial charge in [-0.1, -0.05) is 30.3 Å². The summed E-state index contributed by atoms with van der Waals surface area (Å²) in [5, 5.41) is 6.89. The molecule has 0 unspecified atom stereocenters. The van der Waals surface area contributed by atoms with Crippen LogP contribution in [0.4, 0.5) is 5.69 Å². The fourth-order valence-corrected chi connectivity index (χ4v) is 3.05. The first kappa shape index (κ1) is 15.5. The first-order chi connectivity index (χ1) is 10.00. The number of benzene rings is 1. The zero-order valence-corrected chi connectivity index (χ0v) is 12.9. The van der Waals surface area contributed by atoms with Crippen molar-refractivity contribution in [3.8, 4) is 0 Å². The molecule has 6 nitrogen and oxygen atoms in total. The maximum absolute atomic E-state index is 12.2. The van der Waals surface area contributed by atoms with E-state index in [1.54, 1.807) is 25.1 Å². The van der Waals surface area contributed by atoms with E-state index in [0.717, 1.165) is 12.1 Å². The highest BCUT2D eigenvalue weighted by atomic mass is 32.2. The van der Waals surface area contributed by atoms with E-state index >= 15 is 0 Å². The maximum Gasteiger partial charge on any atom is 0.238 e. The SMILES string of the molecule is CCNCc1ccccc1NS(=O)(=O)Cc1cc(C)on1. The molecule has 0 amide bonds. The Balaban J connectivity index is 2.12. The molecule has 0 bridgehead atoms. The minimum Gasteiger partial charge on any atom is -0.361 e. The summed E-state index contributed by atoms with van der Waals surface area (Å²) in [6.07, 6.45) is 0. The zero-order valence-electron chi connectivity index (χ0n) is 12.1. The Labute approximate surface area is 124 Å². The summed E-state index contributed by atoms with van der Waals surface area (Å²) < 4.78 is 31.9. The molecule has 0 saturated heterocycles. The molecular weight excluding hydrogens is 290 g/mol. The molecule has 1 heterocycles. The van der Waals surface area contributed by atoms with Crippen molar-refractivity contribution in [1.82, 2.24) is 10.5 Å². The molecule has 2 N–H and O–H groups in total. The summed E-state index contributed by atoms with van der Waals surface area (Å²) in [6, 6.07) is 8.93. The van der Waals surface area contributed by atoms with Gasteiger partial charge in [0, 0.05) is 12.6 Å². The lowest BCUT2D eigenvalue weighted by Crippen LogP contribution is -2.18. The van der Waals surface area contributed by atoms with Crippen molar-refractivity contribution in [2.45, 2.75) is 26.1 Å². The second-order valence-corrected chi connectivity index (χ2v) is 6.45. The topological polar surface area (TPSA) is 84.2 Å². The Morgan fingerprint density at radius 1 is 1.29 bits per heavy atom. The molecule has 21 heavy (non-hydrogen) atoms. The lowest BCUT2D eigenvalue weighted by molar-refractivity contribution is 0.392. The van der Waals surface area contributed by atoms with E-state index < -0.39 is 10.0 Å². The summed E-state index contributed by atoms with van der Waals surface area (Å²) in [6.45, 7) is 5.15. The van der Waals surface area contributed by atoms with Crippen LogP contribution in [0.1, 0.15) is 23.9 Å². The summed E-state index contributed by atoms with van der Waals surface area (Å²) in [4.78, 5) is 0. The number of anilines is 1. The number of aromatic nitrogens is 1. The summed E-state index contributed by atoms with van der Waals surface area (Å²) in [7, 11) is -3.52. The molecule has 0 aliphatic heterocycles. The van der Waals surface area contributed by atoms with E-state index in [1.165, 1.54) is 0 Å². The smallest absolute Gasteiger partial charge is 0.238 e. The van der Waals surface area contributed by atoms with Gasteiger partial charge in [-0.15, -0.1) is 0 Å². The van der Waals surface area contributed by atoms with Gasteiger partial charge in [0.25, 0.3) is 0 Å². The van der Waals surface area contributed by atoms with Crippen LogP contribution < -0.4 is 10.0 Å². The second kappa shape index (κ2) is 6.73. The molecule has 2 rings (SSSR count). The Morgan fingerprint density at radius 3 is 2.71 bits per heavy atom. The van der Waals surface area contributed by atoms with Crippen LogP contribution >= 0.6 is 0 Å². The maximum atomic E-state index is 12.2. The third-order valence-corrected chi connectivity index (χ3v) is 4.07. The first-order valence-corrected chi connectivity index (χ1v) is 8.36. The van der Waals surface area contributed by atoms with Crippen molar-refractivity contribution in [2.75, 3.05) is 11.3 Å². The van der Waals surface area contributed by atoms with Gasteiger partial charge in [0.05, 0.1) is 5.69 Å². The van der Waals surface area contributed by atoms with Crippen LogP contribution in [-0.2, 0) is 22.3 Å². The van der Waals surface area contributed by atoms with Crippen LogP contribution in [0.25, 0.3) is 0 Å². The minimum atomic E-state index is -3.52. The molecule has 1 aromatic carbocycles. The van der Waals surface area contributed by atoms with Gasteiger partial charge in [0.15, 0.2) is 0 Å². The lowest BCUT2D eigenvalue weighted by atomic mass is 10.2. The molecular formula is C14H19N3O3S. The number of para-hydroxylation sites is 1. The Bertz CT molecular complexity index is 695. The highest BCUT2D eigenvalue weighted by Gasteiger charge is 2.16. The number of nitrogens with one attached hydrogen (secondary N) is 2. The molecule has 114 valence electrons. The fraction of sp³-hybridized carbons (Fsp3) is 0.357. The van der Waals surface area contributed by atoms with E-state index in [4.69, 9.17) is 4.52 Å². The van der Waals surface area contributed by atoms with E-state index in [2.05, 4.69) is 15.2 Å². The predicted octanol–water partition coefficient (Wildman–Crippen LogP) is 2.03. The van der Waals surface area contributed by atoms with Gasteiger partial charge in [-0.3, -0.25) is 4.72 Å².